The average molecular weight is 289 g/mol. The Morgan fingerprint density at radius 2 is 2.05 bits per heavy atom. The number of rotatable bonds is 6. The second-order valence-corrected chi connectivity index (χ2v) is 4.19. The monoisotopic (exact) mass is 289 g/mol. The van der Waals surface area contributed by atoms with E-state index in [-0.39, 0.29) is 12.4 Å². The quantitative estimate of drug-likeness (QED) is 0.713. The molecule has 0 spiro atoms. The summed E-state index contributed by atoms with van der Waals surface area (Å²) in [4.78, 5) is 26.5. The zero-order valence-corrected chi connectivity index (χ0v) is 11.4. The number of ether oxygens (including phenoxy) is 1. The van der Waals surface area contributed by atoms with Gasteiger partial charge in [0.15, 0.2) is 6.61 Å². The number of aromatic nitrogens is 3. The van der Waals surface area contributed by atoms with Crippen LogP contribution in [0.25, 0.3) is 0 Å². The Hall–Kier alpha value is -2.90. The van der Waals surface area contributed by atoms with Crippen LogP contribution >= 0.6 is 0 Å². The summed E-state index contributed by atoms with van der Waals surface area (Å²) in [6, 6.07) is 6.52. The van der Waals surface area contributed by atoms with Crippen molar-refractivity contribution in [2.45, 2.75) is 13.3 Å². The van der Waals surface area contributed by atoms with Crippen LogP contribution in [0.3, 0.4) is 0 Å². The summed E-state index contributed by atoms with van der Waals surface area (Å²) in [7, 11) is 0. The van der Waals surface area contributed by atoms with Crippen molar-refractivity contribution in [1.82, 2.24) is 15.2 Å². The lowest BCUT2D eigenvalue weighted by Crippen LogP contribution is -2.20. The van der Waals surface area contributed by atoms with Crippen LogP contribution in [0.15, 0.2) is 24.3 Å². The molecular formula is C13H15N5O3. The van der Waals surface area contributed by atoms with E-state index in [9.17, 15) is 9.59 Å². The molecule has 2 amide bonds. The van der Waals surface area contributed by atoms with Gasteiger partial charge in [0.05, 0.1) is 0 Å². The summed E-state index contributed by atoms with van der Waals surface area (Å²) < 4.78 is 5.11. The van der Waals surface area contributed by atoms with Crippen molar-refractivity contribution < 1.29 is 14.3 Å². The summed E-state index contributed by atoms with van der Waals surface area (Å²) in [6.45, 7) is 1.72. The third-order valence-corrected chi connectivity index (χ3v) is 2.56. The van der Waals surface area contributed by atoms with Crippen LogP contribution in [-0.4, -0.2) is 33.6 Å². The van der Waals surface area contributed by atoms with Crippen LogP contribution in [0, 0.1) is 0 Å². The zero-order chi connectivity index (χ0) is 15.2. The average Bonchev–Trinajstić information content (AvgIpc) is 2.95. The number of carbonyl (C=O) groups is 2. The van der Waals surface area contributed by atoms with E-state index in [4.69, 9.17) is 10.5 Å². The molecule has 1 aromatic heterocycles. The number of aromatic amines is 1. The minimum atomic E-state index is -0.552. The van der Waals surface area contributed by atoms with Gasteiger partial charge in [-0.25, -0.2) is 4.98 Å². The Bertz CT molecular complexity index is 636. The first-order valence-electron chi connectivity index (χ1n) is 6.32. The van der Waals surface area contributed by atoms with Crippen LogP contribution in [-0.2, 0) is 11.2 Å². The Morgan fingerprint density at radius 3 is 2.62 bits per heavy atom. The van der Waals surface area contributed by atoms with Gasteiger partial charge in [-0.3, -0.25) is 14.7 Å². The molecule has 1 heterocycles. The number of carbonyl (C=O) groups excluding carboxylic acids is 2. The Balaban J connectivity index is 1.96. The van der Waals surface area contributed by atoms with Crippen LogP contribution in [0.2, 0.25) is 0 Å². The fourth-order valence-electron chi connectivity index (χ4n) is 1.53. The van der Waals surface area contributed by atoms with E-state index >= 15 is 0 Å². The summed E-state index contributed by atoms with van der Waals surface area (Å²) >= 11 is 0. The molecule has 0 saturated carbocycles. The predicted octanol–water partition coefficient (Wildman–Crippen LogP) is 0.483. The molecule has 0 aliphatic rings. The molecule has 4 N–H and O–H groups in total. The van der Waals surface area contributed by atoms with Gasteiger partial charge in [0.25, 0.3) is 11.8 Å². The van der Waals surface area contributed by atoms with E-state index in [0.29, 0.717) is 23.7 Å². The number of H-pyrrole nitrogens is 1. The molecule has 21 heavy (non-hydrogen) atoms. The topological polar surface area (TPSA) is 123 Å². The summed E-state index contributed by atoms with van der Waals surface area (Å²) in [6.07, 6.45) is 0.673. The normalized spacial score (nSPS) is 10.1. The van der Waals surface area contributed by atoms with Gasteiger partial charge in [-0.05, 0) is 24.3 Å². The fourth-order valence-corrected chi connectivity index (χ4v) is 1.53. The molecule has 0 saturated heterocycles. The molecule has 0 aliphatic heterocycles. The highest BCUT2D eigenvalue weighted by atomic mass is 16.5. The number of nitrogens with two attached hydrogens (primary N) is 1. The minimum Gasteiger partial charge on any atom is -0.484 e. The number of nitrogens with zero attached hydrogens (tertiary/aromatic N) is 2. The molecule has 8 heteroatoms. The van der Waals surface area contributed by atoms with Crippen LogP contribution < -0.4 is 15.8 Å². The number of nitrogens with one attached hydrogen (secondary N) is 2. The number of amides is 2. The van der Waals surface area contributed by atoms with Gasteiger partial charge in [0.2, 0.25) is 5.82 Å². The first kappa shape index (κ1) is 14.5. The van der Waals surface area contributed by atoms with Crippen LogP contribution in [0.5, 0.6) is 5.75 Å². The maximum Gasteiger partial charge on any atom is 0.295 e. The largest absolute Gasteiger partial charge is 0.484 e. The SMILES string of the molecule is CCc1nc(C(=O)Nc2ccc(OCC(N)=O)cc2)n[nH]1. The van der Waals surface area contributed by atoms with E-state index in [2.05, 4.69) is 20.5 Å². The van der Waals surface area contributed by atoms with Crippen molar-refractivity contribution in [1.29, 1.82) is 0 Å². The van der Waals surface area contributed by atoms with Gasteiger partial charge in [0, 0.05) is 12.1 Å². The van der Waals surface area contributed by atoms with E-state index in [1.54, 1.807) is 24.3 Å². The van der Waals surface area contributed by atoms with Crippen LogP contribution in [0.1, 0.15) is 23.4 Å². The molecular weight excluding hydrogens is 274 g/mol. The maximum absolute atomic E-state index is 11.9. The molecule has 1 aromatic carbocycles. The van der Waals surface area contributed by atoms with Crippen molar-refractivity contribution in [3.63, 3.8) is 0 Å². The Morgan fingerprint density at radius 1 is 1.33 bits per heavy atom. The van der Waals surface area contributed by atoms with Crippen molar-refractivity contribution >= 4 is 17.5 Å². The number of hydrogen-bond donors (Lipinski definition) is 3. The third-order valence-electron chi connectivity index (χ3n) is 2.56. The molecule has 110 valence electrons. The van der Waals surface area contributed by atoms with Crippen molar-refractivity contribution in [2.24, 2.45) is 5.73 Å². The van der Waals surface area contributed by atoms with Gasteiger partial charge < -0.3 is 15.8 Å². The van der Waals surface area contributed by atoms with E-state index < -0.39 is 11.8 Å². The molecule has 0 radical (unpaired) electrons. The van der Waals surface area contributed by atoms with E-state index in [1.165, 1.54) is 0 Å². The van der Waals surface area contributed by atoms with Crippen molar-refractivity contribution in [3.05, 3.63) is 35.9 Å². The number of anilines is 1. The first-order chi connectivity index (χ1) is 10.1. The molecule has 8 nitrogen and oxygen atoms in total. The standard InChI is InChI=1S/C13H15N5O3/c1-2-11-16-12(18-17-11)13(20)15-8-3-5-9(6-4-8)21-7-10(14)19/h3-6H,2,7H2,1H3,(H2,14,19)(H,15,20)(H,16,17,18). The van der Waals surface area contributed by atoms with E-state index in [0.717, 1.165) is 0 Å². The highest BCUT2D eigenvalue weighted by molar-refractivity contribution is 6.01. The molecule has 2 aromatic rings. The minimum absolute atomic E-state index is 0.0842. The van der Waals surface area contributed by atoms with Gasteiger partial charge in [0.1, 0.15) is 11.6 Å². The number of benzene rings is 1. The van der Waals surface area contributed by atoms with E-state index in [1.807, 2.05) is 6.92 Å². The third kappa shape index (κ3) is 4.03. The summed E-state index contributed by atoms with van der Waals surface area (Å²) in [5.74, 6) is 0.259. The summed E-state index contributed by atoms with van der Waals surface area (Å²) in [5, 5.41) is 9.15. The Labute approximate surface area is 120 Å². The Kier molecular flexibility index (Phi) is 4.50. The molecule has 0 unspecified atom stereocenters. The van der Waals surface area contributed by atoms with Crippen molar-refractivity contribution in [3.8, 4) is 5.75 Å². The number of aryl methyl sites for hydroxylation is 1. The van der Waals surface area contributed by atoms with Gasteiger partial charge in [-0.2, -0.15) is 0 Å². The lowest BCUT2D eigenvalue weighted by atomic mass is 10.3. The molecule has 2 rings (SSSR count). The van der Waals surface area contributed by atoms with Crippen molar-refractivity contribution in [2.75, 3.05) is 11.9 Å². The second-order valence-electron chi connectivity index (χ2n) is 4.19. The predicted molar refractivity (Wildman–Crippen MR) is 74.8 cm³/mol. The smallest absolute Gasteiger partial charge is 0.295 e. The lowest BCUT2D eigenvalue weighted by molar-refractivity contribution is -0.119. The summed E-state index contributed by atoms with van der Waals surface area (Å²) in [5.41, 5.74) is 5.54. The highest BCUT2D eigenvalue weighted by Crippen LogP contribution is 2.16. The number of primary amides is 1. The fraction of sp³-hybridized carbons (Fsp3) is 0.231. The highest BCUT2D eigenvalue weighted by Gasteiger charge is 2.12. The number of hydrogen-bond acceptors (Lipinski definition) is 5. The molecule has 0 bridgehead atoms. The van der Waals surface area contributed by atoms with Gasteiger partial charge in [-0.15, -0.1) is 5.10 Å². The first-order valence-corrected chi connectivity index (χ1v) is 6.32. The van der Waals surface area contributed by atoms with Gasteiger partial charge in [-0.1, -0.05) is 6.92 Å². The maximum atomic E-state index is 11.9. The zero-order valence-electron chi connectivity index (χ0n) is 11.4. The lowest BCUT2D eigenvalue weighted by Gasteiger charge is -2.05. The van der Waals surface area contributed by atoms with Gasteiger partial charge >= 0.3 is 0 Å². The molecule has 0 fully saturated rings. The molecule has 0 aliphatic carbocycles. The second kappa shape index (κ2) is 6.51. The molecule has 0 atom stereocenters. The van der Waals surface area contributed by atoms with Crippen LogP contribution in [0.4, 0.5) is 5.69 Å².